The second-order valence-electron chi connectivity index (χ2n) is 6.83. The van der Waals surface area contributed by atoms with Crippen LogP contribution in [0.1, 0.15) is 35.4 Å². The van der Waals surface area contributed by atoms with Gasteiger partial charge >= 0.3 is 0 Å². The van der Waals surface area contributed by atoms with Crippen molar-refractivity contribution in [1.82, 2.24) is 5.01 Å². The topological polar surface area (TPSA) is 24.8 Å². The largest absolute Gasteiger partial charge is 0.464 e. The number of hydrazone groups is 1. The van der Waals surface area contributed by atoms with E-state index in [2.05, 4.69) is 28.1 Å². The molecule has 0 saturated heterocycles. The molecule has 0 bridgehead atoms. The van der Waals surface area contributed by atoms with Gasteiger partial charge in [0.05, 0.1) is 11.8 Å². The summed E-state index contributed by atoms with van der Waals surface area (Å²) in [4.78, 5) is 0. The molecule has 140 valence electrons. The summed E-state index contributed by atoms with van der Waals surface area (Å²) in [5.41, 5.74) is 4.06. The zero-order valence-corrected chi connectivity index (χ0v) is 17.7. The van der Waals surface area contributed by atoms with E-state index in [4.69, 9.17) is 33.0 Å². The van der Waals surface area contributed by atoms with Crippen LogP contribution in [0.4, 0.5) is 0 Å². The Kier molecular flexibility index (Phi) is 4.58. The number of fused-ring (bicyclic) bond motifs is 3. The van der Waals surface area contributed by atoms with Crippen molar-refractivity contribution in [2.24, 2.45) is 5.10 Å². The number of rotatable bonds is 2. The zero-order valence-electron chi connectivity index (χ0n) is 14.6. The fourth-order valence-electron chi connectivity index (χ4n) is 3.76. The van der Waals surface area contributed by atoms with Crippen LogP contribution < -0.4 is 4.74 Å². The number of halogens is 3. The molecule has 2 aliphatic heterocycles. The molecule has 0 fully saturated rings. The van der Waals surface area contributed by atoms with E-state index in [9.17, 15) is 0 Å². The summed E-state index contributed by atoms with van der Waals surface area (Å²) in [7, 11) is 0. The highest BCUT2D eigenvalue weighted by molar-refractivity contribution is 9.10. The highest BCUT2D eigenvalue weighted by Gasteiger charge is 2.41. The number of nitrogens with zero attached hydrogens (tertiary/aromatic N) is 2. The van der Waals surface area contributed by atoms with Crippen LogP contribution in [0, 0.1) is 0 Å². The smallest absolute Gasteiger partial charge is 0.215 e. The molecule has 5 rings (SSSR count). The van der Waals surface area contributed by atoms with Gasteiger partial charge < -0.3 is 4.74 Å². The van der Waals surface area contributed by atoms with Crippen LogP contribution in [0.25, 0.3) is 0 Å². The van der Waals surface area contributed by atoms with Crippen LogP contribution in [0.2, 0.25) is 10.0 Å². The standard InChI is InChI=1S/C22H15BrCl2N2O/c23-14-7-5-13(6-8-14)19-12-20-17-11-15(24)9-10-21(17)28-22(27(20)26-19)16-3-1-2-4-18(16)25/h1-11,20,22H,12H2/t20-,22-/m0/s1. The van der Waals surface area contributed by atoms with Crippen molar-refractivity contribution < 1.29 is 4.74 Å². The SMILES string of the molecule is Clc1ccc2c(c1)[C@@H]1CC(c3ccc(Br)cc3)=NN1[C@H](c1ccccc1Cl)O2. The zero-order chi connectivity index (χ0) is 19.3. The summed E-state index contributed by atoms with van der Waals surface area (Å²) in [6.07, 6.45) is 0.388. The van der Waals surface area contributed by atoms with Crippen molar-refractivity contribution in [1.29, 1.82) is 0 Å². The molecule has 3 nitrogen and oxygen atoms in total. The monoisotopic (exact) mass is 472 g/mol. The Morgan fingerprint density at radius 3 is 2.54 bits per heavy atom. The van der Waals surface area contributed by atoms with E-state index in [1.807, 2.05) is 59.6 Å². The summed E-state index contributed by atoms with van der Waals surface area (Å²) in [5, 5.41) is 8.31. The van der Waals surface area contributed by atoms with Gasteiger partial charge in [0.25, 0.3) is 0 Å². The van der Waals surface area contributed by atoms with Gasteiger partial charge in [-0.25, -0.2) is 5.01 Å². The van der Waals surface area contributed by atoms with E-state index in [0.29, 0.717) is 10.0 Å². The Bertz CT molecular complexity index is 1080. The van der Waals surface area contributed by atoms with Gasteiger partial charge in [-0.05, 0) is 42.0 Å². The van der Waals surface area contributed by atoms with Crippen LogP contribution in [0.5, 0.6) is 5.75 Å². The van der Waals surface area contributed by atoms with E-state index in [-0.39, 0.29) is 12.3 Å². The number of hydrogen-bond acceptors (Lipinski definition) is 3. The molecule has 0 unspecified atom stereocenters. The molecule has 2 aliphatic rings. The third-order valence-corrected chi connectivity index (χ3v) is 6.21. The summed E-state index contributed by atoms with van der Waals surface area (Å²) in [5.74, 6) is 0.822. The average molecular weight is 474 g/mol. The summed E-state index contributed by atoms with van der Waals surface area (Å²) < 4.78 is 7.38. The predicted octanol–water partition coefficient (Wildman–Crippen LogP) is 7.00. The first-order chi connectivity index (χ1) is 13.6. The molecule has 0 aromatic heterocycles. The lowest BCUT2D eigenvalue weighted by atomic mass is 9.96. The van der Waals surface area contributed by atoms with Crippen molar-refractivity contribution in [2.75, 3.05) is 0 Å². The third-order valence-electron chi connectivity index (χ3n) is 5.10. The maximum absolute atomic E-state index is 6.49. The first kappa shape index (κ1) is 18.0. The van der Waals surface area contributed by atoms with E-state index >= 15 is 0 Å². The lowest BCUT2D eigenvalue weighted by molar-refractivity contribution is -0.0189. The lowest BCUT2D eigenvalue weighted by Gasteiger charge is -2.38. The highest BCUT2D eigenvalue weighted by Crippen LogP contribution is 2.49. The fraction of sp³-hybridized carbons (Fsp3) is 0.136. The van der Waals surface area contributed by atoms with Gasteiger partial charge in [-0.3, -0.25) is 0 Å². The first-order valence-electron chi connectivity index (χ1n) is 8.92. The summed E-state index contributed by atoms with van der Waals surface area (Å²) in [6, 6.07) is 21.7. The van der Waals surface area contributed by atoms with Gasteiger partial charge in [0.15, 0.2) is 0 Å². The molecule has 2 atom stereocenters. The van der Waals surface area contributed by atoms with Crippen molar-refractivity contribution >= 4 is 44.8 Å². The van der Waals surface area contributed by atoms with Crippen LogP contribution >= 0.6 is 39.1 Å². The van der Waals surface area contributed by atoms with Gasteiger partial charge in [0.2, 0.25) is 6.23 Å². The van der Waals surface area contributed by atoms with Crippen LogP contribution in [0.3, 0.4) is 0 Å². The molecule has 0 amide bonds. The quantitative estimate of drug-likeness (QED) is 0.400. The third kappa shape index (κ3) is 3.10. The van der Waals surface area contributed by atoms with E-state index in [0.717, 1.165) is 39.0 Å². The molecular weight excluding hydrogens is 459 g/mol. The molecule has 3 aromatic rings. The molecule has 2 heterocycles. The molecule has 0 aliphatic carbocycles. The number of benzene rings is 3. The Hall–Kier alpha value is -2.01. The minimum Gasteiger partial charge on any atom is -0.464 e. The van der Waals surface area contributed by atoms with Gasteiger partial charge in [-0.1, -0.05) is 69.5 Å². The van der Waals surface area contributed by atoms with E-state index in [1.54, 1.807) is 0 Å². The van der Waals surface area contributed by atoms with Crippen LogP contribution in [0.15, 0.2) is 76.3 Å². The minimum absolute atomic E-state index is 0.0439. The van der Waals surface area contributed by atoms with E-state index in [1.165, 1.54) is 0 Å². The van der Waals surface area contributed by atoms with Gasteiger partial charge in [-0.15, -0.1) is 0 Å². The van der Waals surface area contributed by atoms with Crippen LogP contribution in [-0.4, -0.2) is 10.7 Å². The Morgan fingerprint density at radius 1 is 0.964 bits per heavy atom. The molecule has 0 spiro atoms. The predicted molar refractivity (Wildman–Crippen MR) is 116 cm³/mol. The highest BCUT2D eigenvalue weighted by atomic mass is 79.9. The lowest BCUT2D eigenvalue weighted by Crippen LogP contribution is -2.33. The van der Waals surface area contributed by atoms with Crippen molar-refractivity contribution in [3.63, 3.8) is 0 Å². The Labute approximate surface area is 181 Å². The van der Waals surface area contributed by atoms with Gasteiger partial charge in [0, 0.05) is 32.1 Å². The molecule has 28 heavy (non-hydrogen) atoms. The van der Waals surface area contributed by atoms with Crippen molar-refractivity contribution in [2.45, 2.75) is 18.7 Å². The Morgan fingerprint density at radius 2 is 1.75 bits per heavy atom. The second kappa shape index (κ2) is 7.11. The molecule has 6 heteroatoms. The maximum atomic E-state index is 6.49. The molecule has 3 aromatic carbocycles. The summed E-state index contributed by atoms with van der Waals surface area (Å²) in [6.45, 7) is 0. The van der Waals surface area contributed by atoms with Gasteiger partial charge in [0.1, 0.15) is 5.75 Å². The number of hydrogen-bond donors (Lipinski definition) is 0. The average Bonchev–Trinajstić information content (AvgIpc) is 3.14. The first-order valence-corrected chi connectivity index (χ1v) is 10.5. The normalized spacial score (nSPS) is 20.2. The van der Waals surface area contributed by atoms with Gasteiger partial charge in [-0.2, -0.15) is 5.10 Å². The minimum atomic E-state index is -0.389. The number of ether oxygens (including phenoxy) is 1. The van der Waals surface area contributed by atoms with Crippen molar-refractivity contribution in [3.8, 4) is 5.75 Å². The van der Waals surface area contributed by atoms with Crippen LogP contribution in [-0.2, 0) is 0 Å². The molecular formula is C22H15BrCl2N2O. The maximum Gasteiger partial charge on any atom is 0.215 e. The fourth-order valence-corrected chi connectivity index (χ4v) is 4.43. The second-order valence-corrected chi connectivity index (χ2v) is 8.59. The van der Waals surface area contributed by atoms with E-state index < -0.39 is 0 Å². The molecule has 0 N–H and O–H groups in total. The van der Waals surface area contributed by atoms with Crippen molar-refractivity contribution in [3.05, 3.63) is 97.9 Å². The molecule has 0 saturated carbocycles. The molecule has 0 radical (unpaired) electrons. The Balaban J connectivity index is 1.62. The summed E-state index contributed by atoms with van der Waals surface area (Å²) >= 11 is 16.3.